The standard InChI is InChI=1S/C9H13ClN2O/c1-5(13)9(12)7-3-2-6(11)4-8(7)10/h2-5,9,13H,11-12H2,1H3/t5-,9-/m0/s1. The van der Waals surface area contributed by atoms with Crippen LogP contribution in [0.15, 0.2) is 18.2 Å². The molecule has 4 heteroatoms. The summed E-state index contributed by atoms with van der Waals surface area (Å²) in [6.07, 6.45) is -0.624. The quantitative estimate of drug-likeness (QED) is 0.631. The van der Waals surface area contributed by atoms with Gasteiger partial charge in [0.1, 0.15) is 0 Å². The molecule has 0 bridgehead atoms. The summed E-state index contributed by atoms with van der Waals surface area (Å²) < 4.78 is 0. The maximum absolute atomic E-state index is 9.25. The number of rotatable bonds is 2. The van der Waals surface area contributed by atoms with Crippen molar-refractivity contribution in [2.24, 2.45) is 5.73 Å². The molecule has 0 aliphatic carbocycles. The van der Waals surface area contributed by atoms with E-state index in [1.165, 1.54) is 0 Å². The van der Waals surface area contributed by atoms with E-state index in [2.05, 4.69) is 0 Å². The number of benzene rings is 1. The Morgan fingerprint density at radius 2 is 2.08 bits per heavy atom. The molecule has 0 heterocycles. The normalized spacial score (nSPS) is 15.4. The highest BCUT2D eigenvalue weighted by Gasteiger charge is 2.14. The van der Waals surface area contributed by atoms with Gasteiger partial charge in [-0.2, -0.15) is 0 Å². The van der Waals surface area contributed by atoms with Gasteiger partial charge in [0.15, 0.2) is 0 Å². The Bertz CT molecular complexity index is 302. The van der Waals surface area contributed by atoms with Crippen LogP contribution in [0.4, 0.5) is 5.69 Å². The van der Waals surface area contributed by atoms with E-state index in [0.29, 0.717) is 16.3 Å². The lowest BCUT2D eigenvalue weighted by Gasteiger charge is -2.16. The Morgan fingerprint density at radius 1 is 1.46 bits per heavy atom. The van der Waals surface area contributed by atoms with Crippen molar-refractivity contribution >= 4 is 17.3 Å². The minimum atomic E-state index is -0.624. The molecule has 0 amide bonds. The third-order valence-electron chi connectivity index (χ3n) is 1.90. The summed E-state index contributed by atoms with van der Waals surface area (Å²) >= 11 is 5.90. The van der Waals surface area contributed by atoms with Gasteiger partial charge in [0, 0.05) is 10.7 Å². The molecule has 1 rings (SSSR count). The van der Waals surface area contributed by atoms with Gasteiger partial charge >= 0.3 is 0 Å². The van der Waals surface area contributed by atoms with Gasteiger partial charge in [0.2, 0.25) is 0 Å². The van der Waals surface area contributed by atoms with Crippen LogP contribution in [0.2, 0.25) is 5.02 Å². The van der Waals surface area contributed by atoms with Crippen molar-refractivity contribution in [1.29, 1.82) is 0 Å². The molecule has 0 unspecified atom stereocenters. The minimum absolute atomic E-state index is 0.465. The molecule has 13 heavy (non-hydrogen) atoms. The number of hydrogen-bond donors (Lipinski definition) is 3. The lowest BCUT2D eigenvalue weighted by Crippen LogP contribution is -2.23. The number of anilines is 1. The molecular formula is C9H13ClN2O. The molecule has 0 aliphatic heterocycles. The zero-order valence-electron chi connectivity index (χ0n) is 7.37. The zero-order chi connectivity index (χ0) is 10.0. The fourth-order valence-electron chi connectivity index (χ4n) is 1.07. The topological polar surface area (TPSA) is 72.3 Å². The number of aliphatic hydroxyl groups excluding tert-OH is 1. The van der Waals surface area contributed by atoms with Crippen molar-refractivity contribution in [2.45, 2.75) is 19.1 Å². The smallest absolute Gasteiger partial charge is 0.0705 e. The van der Waals surface area contributed by atoms with E-state index in [1.54, 1.807) is 25.1 Å². The predicted octanol–water partition coefficient (Wildman–Crippen LogP) is 1.30. The molecule has 0 saturated heterocycles. The number of nitrogens with two attached hydrogens (primary N) is 2. The Labute approximate surface area is 82.3 Å². The van der Waals surface area contributed by atoms with Crippen molar-refractivity contribution in [2.75, 3.05) is 5.73 Å². The molecule has 2 atom stereocenters. The fourth-order valence-corrected chi connectivity index (χ4v) is 1.39. The van der Waals surface area contributed by atoms with Gasteiger partial charge in [-0.05, 0) is 24.6 Å². The van der Waals surface area contributed by atoms with Crippen molar-refractivity contribution in [3.05, 3.63) is 28.8 Å². The largest absolute Gasteiger partial charge is 0.399 e. The number of halogens is 1. The van der Waals surface area contributed by atoms with E-state index in [4.69, 9.17) is 23.1 Å². The first kappa shape index (κ1) is 10.3. The first-order valence-corrected chi connectivity index (χ1v) is 4.38. The highest BCUT2D eigenvalue weighted by Crippen LogP contribution is 2.25. The summed E-state index contributed by atoms with van der Waals surface area (Å²) in [7, 11) is 0. The van der Waals surface area contributed by atoms with Crippen LogP contribution < -0.4 is 11.5 Å². The van der Waals surface area contributed by atoms with Crippen molar-refractivity contribution in [1.82, 2.24) is 0 Å². The highest BCUT2D eigenvalue weighted by atomic mass is 35.5. The third-order valence-corrected chi connectivity index (χ3v) is 2.23. The zero-order valence-corrected chi connectivity index (χ0v) is 8.12. The molecule has 0 aliphatic rings. The van der Waals surface area contributed by atoms with E-state index in [9.17, 15) is 5.11 Å². The van der Waals surface area contributed by atoms with Crippen LogP contribution in [-0.2, 0) is 0 Å². The SMILES string of the molecule is C[C@H](O)[C@H](N)c1ccc(N)cc1Cl. The van der Waals surface area contributed by atoms with Crippen LogP contribution in [0, 0.1) is 0 Å². The first-order chi connectivity index (χ1) is 6.02. The van der Waals surface area contributed by atoms with Gasteiger partial charge in [-0.1, -0.05) is 17.7 Å². The van der Waals surface area contributed by atoms with E-state index < -0.39 is 12.1 Å². The van der Waals surface area contributed by atoms with Crippen LogP contribution >= 0.6 is 11.6 Å². The summed E-state index contributed by atoms with van der Waals surface area (Å²) in [5.41, 5.74) is 12.5. The lowest BCUT2D eigenvalue weighted by atomic mass is 10.0. The lowest BCUT2D eigenvalue weighted by molar-refractivity contribution is 0.164. The highest BCUT2D eigenvalue weighted by molar-refractivity contribution is 6.31. The monoisotopic (exact) mass is 200 g/mol. The Kier molecular flexibility index (Phi) is 3.14. The Morgan fingerprint density at radius 3 is 2.54 bits per heavy atom. The van der Waals surface area contributed by atoms with Gasteiger partial charge in [0.25, 0.3) is 0 Å². The summed E-state index contributed by atoms with van der Waals surface area (Å²) in [5, 5.41) is 9.75. The van der Waals surface area contributed by atoms with Crippen molar-refractivity contribution in [3.63, 3.8) is 0 Å². The Balaban J connectivity index is 3.01. The average molecular weight is 201 g/mol. The fraction of sp³-hybridized carbons (Fsp3) is 0.333. The van der Waals surface area contributed by atoms with Crippen LogP contribution in [0.1, 0.15) is 18.5 Å². The van der Waals surface area contributed by atoms with E-state index >= 15 is 0 Å². The molecular weight excluding hydrogens is 188 g/mol. The minimum Gasteiger partial charge on any atom is -0.399 e. The van der Waals surface area contributed by atoms with Gasteiger partial charge in [-0.25, -0.2) is 0 Å². The summed E-state index contributed by atoms with van der Waals surface area (Å²) in [5.74, 6) is 0. The van der Waals surface area contributed by atoms with Gasteiger partial charge in [-0.3, -0.25) is 0 Å². The molecule has 72 valence electrons. The van der Waals surface area contributed by atoms with E-state index in [-0.39, 0.29) is 0 Å². The van der Waals surface area contributed by atoms with Crippen molar-refractivity contribution < 1.29 is 5.11 Å². The van der Waals surface area contributed by atoms with E-state index in [1.807, 2.05) is 0 Å². The molecule has 0 radical (unpaired) electrons. The summed E-state index contributed by atoms with van der Waals surface area (Å²) in [6.45, 7) is 1.62. The number of aliphatic hydroxyl groups is 1. The molecule has 1 aromatic rings. The van der Waals surface area contributed by atoms with Crippen LogP contribution in [0.25, 0.3) is 0 Å². The third kappa shape index (κ3) is 2.34. The van der Waals surface area contributed by atoms with Crippen LogP contribution in [0.3, 0.4) is 0 Å². The second kappa shape index (κ2) is 3.96. The van der Waals surface area contributed by atoms with Crippen molar-refractivity contribution in [3.8, 4) is 0 Å². The van der Waals surface area contributed by atoms with Gasteiger partial charge in [-0.15, -0.1) is 0 Å². The van der Waals surface area contributed by atoms with Gasteiger partial charge < -0.3 is 16.6 Å². The van der Waals surface area contributed by atoms with E-state index in [0.717, 1.165) is 0 Å². The number of hydrogen-bond acceptors (Lipinski definition) is 3. The maximum Gasteiger partial charge on any atom is 0.0705 e. The summed E-state index contributed by atoms with van der Waals surface area (Å²) in [6, 6.07) is 4.60. The van der Waals surface area contributed by atoms with Crippen LogP contribution in [0.5, 0.6) is 0 Å². The maximum atomic E-state index is 9.25. The summed E-state index contributed by atoms with van der Waals surface area (Å²) in [4.78, 5) is 0. The molecule has 3 nitrogen and oxygen atoms in total. The molecule has 0 spiro atoms. The second-order valence-electron chi connectivity index (χ2n) is 3.05. The second-order valence-corrected chi connectivity index (χ2v) is 3.45. The molecule has 0 saturated carbocycles. The van der Waals surface area contributed by atoms with Gasteiger partial charge in [0.05, 0.1) is 12.1 Å². The van der Waals surface area contributed by atoms with Crippen LogP contribution in [-0.4, -0.2) is 11.2 Å². The molecule has 1 aromatic carbocycles. The molecule has 5 N–H and O–H groups in total. The molecule has 0 fully saturated rings. The predicted molar refractivity (Wildman–Crippen MR) is 54.5 cm³/mol. The molecule has 0 aromatic heterocycles. The average Bonchev–Trinajstić information content (AvgIpc) is 2.03. The first-order valence-electron chi connectivity index (χ1n) is 4.01. The Hall–Kier alpha value is -0.770. The number of nitrogen functional groups attached to an aromatic ring is 1.